The number of rotatable bonds is 7. The Morgan fingerprint density at radius 1 is 1.28 bits per heavy atom. The Kier molecular flexibility index (Phi) is 4.76. The zero-order chi connectivity index (χ0) is 18.1. The van der Waals surface area contributed by atoms with Crippen LogP contribution in [-0.2, 0) is 15.0 Å². The molecule has 2 aliphatic rings. The van der Waals surface area contributed by atoms with Crippen LogP contribution in [-0.4, -0.2) is 43.5 Å². The van der Waals surface area contributed by atoms with E-state index in [-0.39, 0.29) is 17.2 Å². The molecule has 136 valence electrons. The summed E-state index contributed by atoms with van der Waals surface area (Å²) in [7, 11) is 1.64. The molecule has 5 heteroatoms. The Morgan fingerprint density at radius 2 is 1.96 bits per heavy atom. The smallest absolute Gasteiger partial charge is 0.231 e. The zero-order valence-corrected chi connectivity index (χ0v) is 15.4. The Morgan fingerprint density at radius 3 is 2.48 bits per heavy atom. The molecule has 0 bridgehead atoms. The van der Waals surface area contributed by atoms with Crippen LogP contribution in [0.1, 0.15) is 45.1 Å². The molecule has 1 aromatic rings. The maximum atomic E-state index is 12.9. The minimum Gasteiger partial charge on any atom is -0.497 e. The number of benzene rings is 1. The number of nitrogens with one attached hydrogen (secondary N) is 1. The Bertz CT molecular complexity index is 653. The number of carbonyl (C=O) groups is 2. The van der Waals surface area contributed by atoms with Crippen LogP contribution in [0.3, 0.4) is 0 Å². The van der Waals surface area contributed by atoms with Crippen LogP contribution in [0.2, 0.25) is 0 Å². The van der Waals surface area contributed by atoms with Crippen molar-refractivity contribution in [3.63, 3.8) is 0 Å². The van der Waals surface area contributed by atoms with E-state index in [1.165, 1.54) is 0 Å². The minimum atomic E-state index is -0.456. The largest absolute Gasteiger partial charge is 0.497 e. The highest BCUT2D eigenvalue weighted by molar-refractivity contribution is 5.93. The van der Waals surface area contributed by atoms with Crippen molar-refractivity contribution in [1.29, 1.82) is 0 Å². The topological polar surface area (TPSA) is 58.6 Å². The van der Waals surface area contributed by atoms with Crippen molar-refractivity contribution in [3.05, 3.63) is 29.8 Å². The molecule has 0 aromatic heterocycles. The van der Waals surface area contributed by atoms with Gasteiger partial charge in [-0.2, -0.15) is 0 Å². The van der Waals surface area contributed by atoms with Gasteiger partial charge in [0.25, 0.3) is 0 Å². The molecule has 1 aromatic carbocycles. The molecule has 1 aliphatic carbocycles. The van der Waals surface area contributed by atoms with E-state index in [0.29, 0.717) is 13.0 Å². The Balaban J connectivity index is 1.59. The highest BCUT2D eigenvalue weighted by Crippen LogP contribution is 2.64. The molecule has 3 rings (SSSR count). The second kappa shape index (κ2) is 6.70. The van der Waals surface area contributed by atoms with Crippen molar-refractivity contribution in [2.75, 3.05) is 26.7 Å². The summed E-state index contributed by atoms with van der Waals surface area (Å²) in [6.45, 7) is 6.48. The van der Waals surface area contributed by atoms with E-state index in [0.717, 1.165) is 43.7 Å². The summed E-state index contributed by atoms with van der Waals surface area (Å²) in [6, 6.07) is 7.82. The molecule has 2 amide bonds. The monoisotopic (exact) mass is 344 g/mol. The SMILES string of the molecule is COc1ccc(C2(C(=O)NCCCN3CCCC3=O)CC2(C)C)cc1. The standard InChI is InChI=1S/C20H28N2O3/c1-19(2)14-20(19,15-7-9-16(25-3)10-8-15)18(24)21-11-5-13-22-12-4-6-17(22)23/h7-10H,4-6,11-14H2,1-3H3,(H,21,24). The van der Waals surface area contributed by atoms with Crippen molar-refractivity contribution >= 4 is 11.8 Å². The van der Waals surface area contributed by atoms with Crippen molar-refractivity contribution in [2.24, 2.45) is 5.41 Å². The molecule has 1 heterocycles. The molecule has 1 aliphatic heterocycles. The van der Waals surface area contributed by atoms with E-state index in [9.17, 15) is 9.59 Å². The van der Waals surface area contributed by atoms with E-state index < -0.39 is 5.41 Å². The van der Waals surface area contributed by atoms with Crippen molar-refractivity contribution in [3.8, 4) is 5.75 Å². The summed E-state index contributed by atoms with van der Waals surface area (Å²) in [6.07, 6.45) is 3.28. The number of amides is 2. The number of hydrogen-bond acceptors (Lipinski definition) is 3. The van der Waals surface area contributed by atoms with Crippen molar-refractivity contribution in [1.82, 2.24) is 10.2 Å². The lowest BCUT2D eigenvalue weighted by Gasteiger charge is -2.22. The summed E-state index contributed by atoms with van der Waals surface area (Å²) in [5.41, 5.74) is 0.546. The lowest BCUT2D eigenvalue weighted by Crippen LogP contribution is -2.39. The fourth-order valence-corrected chi connectivity index (χ4v) is 4.07. The summed E-state index contributed by atoms with van der Waals surface area (Å²) < 4.78 is 5.22. The van der Waals surface area contributed by atoms with Crippen LogP contribution in [0.5, 0.6) is 5.75 Å². The third kappa shape index (κ3) is 3.24. The van der Waals surface area contributed by atoms with Gasteiger partial charge in [-0.25, -0.2) is 0 Å². The van der Waals surface area contributed by atoms with Gasteiger partial charge in [0.15, 0.2) is 0 Å². The van der Waals surface area contributed by atoms with Gasteiger partial charge in [-0.15, -0.1) is 0 Å². The first-order chi connectivity index (χ1) is 11.9. The zero-order valence-electron chi connectivity index (χ0n) is 15.4. The minimum absolute atomic E-state index is 0.0450. The van der Waals surface area contributed by atoms with Gasteiger partial charge in [0, 0.05) is 26.1 Å². The van der Waals surface area contributed by atoms with E-state index in [4.69, 9.17) is 4.74 Å². The van der Waals surface area contributed by atoms with Gasteiger partial charge >= 0.3 is 0 Å². The fraction of sp³-hybridized carbons (Fsp3) is 0.600. The molecule has 1 unspecified atom stereocenters. The van der Waals surface area contributed by atoms with Gasteiger partial charge < -0.3 is 15.0 Å². The van der Waals surface area contributed by atoms with Gasteiger partial charge in [-0.1, -0.05) is 26.0 Å². The maximum absolute atomic E-state index is 12.9. The Hall–Kier alpha value is -2.04. The quantitative estimate of drug-likeness (QED) is 0.773. The van der Waals surface area contributed by atoms with E-state index in [1.807, 2.05) is 29.2 Å². The van der Waals surface area contributed by atoms with Crippen LogP contribution >= 0.6 is 0 Å². The number of hydrogen-bond donors (Lipinski definition) is 1. The molecule has 1 saturated carbocycles. The number of likely N-dealkylation sites (tertiary alicyclic amines) is 1. The molecule has 1 saturated heterocycles. The van der Waals surface area contributed by atoms with Crippen LogP contribution in [0.4, 0.5) is 0 Å². The van der Waals surface area contributed by atoms with Crippen molar-refractivity contribution < 1.29 is 14.3 Å². The highest BCUT2D eigenvalue weighted by Gasteiger charge is 2.66. The average molecular weight is 344 g/mol. The predicted molar refractivity (Wildman–Crippen MR) is 96.5 cm³/mol. The average Bonchev–Trinajstić information content (AvgIpc) is 2.97. The molecule has 0 spiro atoms. The van der Waals surface area contributed by atoms with Crippen LogP contribution < -0.4 is 10.1 Å². The second-order valence-corrected chi connectivity index (χ2v) is 7.79. The first kappa shape index (κ1) is 17.8. The first-order valence-electron chi connectivity index (χ1n) is 9.11. The van der Waals surface area contributed by atoms with E-state index in [1.54, 1.807) is 7.11 Å². The van der Waals surface area contributed by atoms with Gasteiger partial charge in [0.05, 0.1) is 12.5 Å². The van der Waals surface area contributed by atoms with E-state index >= 15 is 0 Å². The van der Waals surface area contributed by atoms with E-state index in [2.05, 4.69) is 19.2 Å². The highest BCUT2D eigenvalue weighted by atomic mass is 16.5. The summed E-state index contributed by atoms with van der Waals surface area (Å²) in [4.78, 5) is 26.5. The molecule has 0 radical (unpaired) electrons. The second-order valence-electron chi connectivity index (χ2n) is 7.79. The van der Waals surface area contributed by atoms with Gasteiger partial charge in [-0.3, -0.25) is 9.59 Å². The van der Waals surface area contributed by atoms with Crippen LogP contribution in [0.15, 0.2) is 24.3 Å². The molecular weight excluding hydrogens is 316 g/mol. The van der Waals surface area contributed by atoms with Gasteiger partial charge in [0.2, 0.25) is 11.8 Å². The van der Waals surface area contributed by atoms with Gasteiger partial charge in [0.1, 0.15) is 5.75 Å². The summed E-state index contributed by atoms with van der Waals surface area (Å²) >= 11 is 0. The number of nitrogens with zero attached hydrogens (tertiary/aromatic N) is 1. The lowest BCUT2D eigenvalue weighted by molar-refractivity contribution is -0.127. The summed E-state index contributed by atoms with van der Waals surface area (Å²) in [5.74, 6) is 1.13. The third-order valence-electron chi connectivity index (χ3n) is 5.77. The normalized spacial score (nSPS) is 24.3. The van der Waals surface area contributed by atoms with Gasteiger partial charge in [-0.05, 0) is 42.4 Å². The van der Waals surface area contributed by atoms with Crippen LogP contribution in [0.25, 0.3) is 0 Å². The molecule has 1 N–H and O–H groups in total. The predicted octanol–water partition coefficient (Wildman–Crippen LogP) is 2.49. The summed E-state index contributed by atoms with van der Waals surface area (Å²) in [5, 5.41) is 3.10. The fourth-order valence-electron chi connectivity index (χ4n) is 4.07. The molecule has 25 heavy (non-hydrogen) atoms. The first-order valence-corrected chi connectivity index (χ1v) is 9.11. The number of methoxy groups -OCH3 is 1. The number of carbonyl (C=O) groups excluding carboxylic acids is 2. The molecular formula is C20H28N2O3. The third-order valence-corrected chi connectivity index (χ3v) is 5.77. The number of ether oxygens (including phenoxy) is 1. The Labute approximate surface area is 149 Å². The molecule has 5 nitrogen and oxygen atoms in total. The lowest BCUT2D eigenvalue weighted by atomic mass is 9.87. The molecule has 2 fully saturated rings. The molecule has 1 atom stereocenters. The maximum Gasteiger partial charge on any atom is 0.231 e. The van der Waals surface area contributed by atoms with Crippen LogP contribution in [0, 0.1) is 5.41 Å². The van der Waals surface area contributed by atoms with Crippen molar-refractivity contribution in [2.45, 2.75) is 44.9 Å².